The predicted molar refractivity (Wildman–Crippen MR) is 235 cm³/mol. The molecule has 0 amide bonds. The Hall–Kier alpha value is -7.49. The Balaban J connectivity index is 1.19. The fraction of sp³-hybridized carbons (Fsp3) is 0.0185. The third-order valence-corrected chi connectivity index (χ3v) is 12.2. The topological polar surface area (TPSA) is 38.7 Å². The zero-order chi connectivity index (χ0) is 37.5. The molecule has 0 fully saturated rings. The molecule has 3 heteroatoms. The molecule has 1 unspecified atom stereocenters. The summed E-state index contributed by atoms with van der Waals surface area (Å²) in [4.78, 5) is 15.0. The van der Waals surface area contributed by atoms with E-state index in [1.54, 1.807) is 0 Å². The lowest BCUT2D eigenvalue weighted by Gasteiger charge is -2.35. The number of pyridine rings is 1. The summed E-state index contributed by atoms with van der Waals surface area (Å²) in [5.74, 6) is 0.672. The summed E-state index contributed by atoms with van der Waals surface area (Å²) in [7, 11) is 0. The zero-order valence-corrected chi connectivity index (χ0v) is 30.9. The predicted octanol–water partition coefficient (Wildman–Crippen LogP) is 13.2. The fourth-order valence-corrected chi connectivity index (χ4v) is 9.71. The van der Waals surface area contributed by atoms with Gasteiger partial charge in [-0.25, -0.2) is 9.97 Å². The quantitative estimate of drug-likeness (QED) is 0.170. The van der Waals surface area contributed by atoms with Crippen molar-refractivity contribution in [3.05, 3.63) is 222 Å². The molecular formula is C54H33N3. The fourth-order valence-electron chi connectivity index (χ4n) is 9.71. The van der Waals surface area contributed by atoms with Gasteiger partial charge in [0.05, 0.1) is 22.5 Å². The Morgan fingerprint density at radius 3 is 1.70 bits per heavy atom. The average Bonchev–Trinajstić information content (AvgIpc) is 3.48. The maximum atomic E-state index is 5.27. The molecule has 264 valence electrons. The van der Waals surface area contributed by atoms with Crippen LogP contribution in [-0.4, -0.2) is 15.0 Å². The highest BCUT2D eigenvalue weighted by Crippen LogP contribution is 2.60. The van der Waals surface area contributed by atoms with Gasteiger partial charge in [0, 0.05) is 17.3 Å². The molecule has 0 bridgehead atoms. The summed E-state index contributed by atoms with van der Waals surface area (Å²) in [6.45, 7) is 0. The van der Waals surface area contributed by atoms with Gasteiger partial charge in [0.15, 0.2) is 5.82 Å². The summed E-state index contributed by atoms with van der Waals surface area (Å²) in [6.07, 6.45) is 6.41. The largest absolute Gasteiger partial charge is 0.255 e. The SMILES string of the molecule is C1=Cc2ccc(-c3cc(-c4ccccn4)nc(-c4ccccc4)n3)cc2C2(c3ccccc31)c1ccccc1-c1cc3c4ccccc4c4ccccc4c3cc12. The van der Waals surface area contributed by atoms with E-state index in [1.807, 2.05) is 42.6 Å². The minimum absolute atomic E-state index is 0.614. The standard InChI is InChI=1S/C54H33N3/c1-2-15-36(16-3-1)53-56-51(33-52(57-53)50-24-12-13-29-55-50)37-28-27-35-26-25-34-14-4-10-22-46(34)54(48(35)30-37)47-23-11-9-21-42(47)45-31-43-40-19-7-5-17-38(40)39-18-6-8-20-41(39)44(43)32-49(45)54/h1-33H. The highest BCUT2D eigenvalue weighted by Gasteiger charge is 2.49. The second kappa shape index (κ2) is 12.3. The number of benzene rings is 8. The first-order chi connectivity index (χ1) is 28.3. The van der Waals surface area contributed by atoms with Crippen LogP contribution in [0.1, 0.15) is 33.4 Å². The van der Waals surface area contributed by atoms with Crippen molar-refractivity contribution in [2.45, 2.75) is 5.41 Å². The monoisotopic (exact) mass is 723 g/mol. The minimum Gasteiger partial charge on any atom is -0.255 e. The third kappa shape index (κ3) is 4.63. The molecule has 12 rings (SSSR count). The molecule has 57 heavy (non-hydrogen) atoms. The molecule has 3 nitrogen and oxygen atoms in total. The van der Waals surface area contributed by atoms with Crippen molar-refractivity contribution >= 4 is 44.5 Å². The molecule has 0 saturated carbocycles. The summed E-state index contributed by atoms with van der Waals surface area (Å²) < 4.78 is 0. The molecule has 0 radical (unpaired) electrons. The van der Waals surface area contributed by atoms with Gasteiger partial charge >= 0.3 is 0 Å². The Morgan fingerprint density at radius 1 is 0.333 bits per heavy atom. The molecule has 10 aromatic rings. The van der Waals surface area contributed by atoms with Crippen LogP contribution in [0.25, 0.3) is 89.6 Å². The molecule has 2 heterocycles. The van der Waals surface area contributed by atoms with Gasteiger partial charge in [-0.1, -0.05) is 158 Å². The number of hydrogen-bond acceptors (Lipinski definition) is 3. The second-order valence-corrected chi connectivity index (χ2v) is 15.1. The molecule has 2 aromatic heterocycles. The van der Waals surface area contributed by atoms with Crippen molar-refractivity contribution in [1.82, 2.24) is 15.0 Å². The van der Waals surface area contributed by atoms with Gasteiger partial charge in [-0.2, -0.15) is 0 Å². The van der Waals surface area contributed by atoms with Crippen molar-refractivity contribution < 1.29 is 0 Å². The van der Waals surface area contributed by atoms with E-state index in [1.165, 1.54) is 76.8 Å². The highest BCUT2D eigenvalue weighted by atomic mass is 14.9. The lowest BCUT2D eigenvalue weighted by molar-refractivity contribution is 0.767. The van der Waals surface area contributed by atoms with Crippen LogP contribution < -0.4 is 0 Å². The van der Waals surface area contributed by atoms with E-state index < -0.39 is 5.41 Å². The van der Waals surface area contributed by atoms with Crippen molar-refractivity contribution in [2.24, 2.45) is 0 Å². The zero-order valence-electron chi connectivity index (χ0n) is 30.9. The Bertz CT molecular complexity index is 3240. The van der Waals surface area contributed by atoms with E-state index in [4.69, 9.17) is 15.0 Å². The number of hydrogen-bond donors (Lipinski definition) is 0. The first-order valence-corrected chi connectivity index (χ1v) is 19.5. The van der Waals surface area contributed by atoms with Crippen molar-refractivity contribution in [3.63, 3.8) is 0 Å². The maximum absolute atomic E-state index is 5.27. The van der Waals surface area contributed by atoms with Crippen molar-refractivity contribution in [1.29, 1.82) is 0 Å². The average molecular weight is 724 g/mol. The second-order valence-electron chi connectivity index (χ2n) is 15.1. The molecule has 0 saturated heterocycles. The van der Waals surface area contributed by atoms with E-state index in [2.05, 4.69) is 158 Å². The molecule has 2 aliphatic carbocycles. The Kier molecular flexibility index (Phi) is 6.84. The molecule has 1 atom stereocenters. The molecule has 0 aliphatic heterocycles. The minimum atomic E-state index is -0.614. The Labute approximate surface area is 330 Å². The van der Waals surface area contributed by atoms with Gasteiger partial charge in [0.1, 0.15) is 0 Å². The first-order valence-electron chi connectivity index (χ1n) is 19.5. The van der Waals surface area contributed by atoms with Crippen molar-refractivity contribution in [3.8, 4) is 45.2 Å². The van der Waals surface area contributed by atoms with Gasteiger partial charge in [-0.15, -0.1) is 0 Å². The van der Waals surface area contributed by atoms with Crippen LogP contribution in [0.5, 0.6) is 0 Å². The van der Waals surface area contributed by atoms with Gasteiger partial charge in [-0.3, -0.25) is 4.98 Å². The maximum Gasteiger partial charge on any atom is 0.160 e. The lowest BCUT2D eigenvalue weighted by atomic mass is 9.65. The van der Waals surface area contributed by atoms with E-state index >= 15 is 0 Å². The molecule has 2 aliphatic rings. The summed E-state index contributed by atoms with van der Waals surface area (Å²) in [5.41, 5.74) is 13.9. The molecule has 0 N–H and O–H groups in total. The Morgan fingerprint density at radius 2 is 0.947 bits per heavy atom. The third-order valence-electron chi connectivity index (χ3n) is 12.2. The van der Waals surface area contributed by atoms with Crippen LogP contribution in [0.15, 0.2) is 188 Å². The number of aromatic nitrogens is 3. The normalized spacial score (nSPS) is 15.0. The van der Waals surface area contributed by atoms with E-state index in [0.717, 1.165) is 28.2 Å². The molecular weight excluding hydrogens is 691 g/mol. The van der Waals surface area contributed by atoms with Crippen LogP contribution in [0, 0.1) is 0 Å². The van der Waals surface area contributed by atoms with Gasteiger partial charge in [-0.05, 0) is 113 Å². The van der Waals surface area contributed by atoms with E-state index in [-0.39, 0.29) is 0 Å². The molecule has 8 aromatic carbocycles. The van der Waals surface area contributed by atoms with Crippen molar-refractivity contribution in [2.75, 3.05) is 0 Å². The summed E-state index contributed by atoms with van der Waals surface area (Å²) in [6, 6.07) is 66.0. The van der Waals surface area contributed by atoms with Gasteiger partial charge in [0.25, 0.3) is 0 Å². The van der Waals surface area contributed by atoms with Crippen LogP contribution in [0.3, 0.4) is 0 Å². The van der Waals surface area contributed by atoms with Gasteiger partial charge in [0.2, 0.25) is 0 Å². The van der Waals surface area contributed by atoms with E-state index in [9.17, 15) is 0 Å². The summed E-state index contributed by atoms with van der Waals surface area (Å²) in [5, 5.41) is 7.65. The van der Waals surface area contributed by atoms with Gasteiger partial charge < -0.3 is 0 Å². The first kappa shape index (κ1) is 31.8. The van der Waals surface area contributed by atoms with Crippen LogP contribution >= 0.6 is 0 Å². The van der Waals surface area contributed by atoms with E-state index in [0.29, 0.717) is 5.82 Å². The number of nitrogens with zero attached hydrogens (tertiary/aromatic N) is 3. The van der Waals surface area contributed by atoms with Crippen LogP contribution in [-0.2, 0) is 5.41 Å². The number of fused-ring (bicyclic) bond motifs is 15. The smallest absolute Gasteiger partial charge is 0.160 e. The molecule has 1 spiro atoms. The lowest BCUT2D eigenvalue weighted by Crippen LogP contribution is -2.30. The summed E-state index contributed by atoms with van der Waals surface area (Å²) >= 11 is 0. The number of rotatable bonds is 3. The van der Waals surface area contributed by atoms with Crippen LogP contribution in [0.2, 0.25) is 0 Å². The van der Waals surface area contributed by atoms with Crippen LogP contribution in [0.4, 0.5) is 0 Å². The highest BCUT2D eigenvalue weighted by molar-refractivity contribution is 6.26.